The van der Waals surface area contributed by atoms with Crippen molar-refractivity contribution in [1.82, 2.24) is 14.4 Å². The minimum atomic E-state index is -0.398. The van der Waals surface area contributed by atoms with E-state index in [1.165, 1.54) is 7.11 Å². The molecule has 2 aromatic carbocycles. The van der Waals surface area contributed by atoms with E-state index in [-0.39, 0.29) is 0 Å². The number of urea groups is 1. The van der Waals surface area contributed by atoms with E-state index < -0.39 is 6.03 Å². The van der Waals surface area contributed by atoms with E-state index in [0.29, 0.717) is 28.7 Å². The first kappa shape index (κ1) is 18.3. The summed E-state index contributed by atoms with van der Waals surface area (Å²) in [5, 5.41) is 5.61. The largest absolute Gasteiger partial charge is 0.493 e. The van der Waals surface area contributed by atoms with E-state index >= 15 is 0 Å². The number of benzene rings is 2. The maximum Gasteiger partial charge on any atom is 0.323 e. The number of imidazole rings is 1. The summed E-state index contributed by atoms with van der Waals surface area (Å²) in [5.41, 5.74) is 2.77. The average Bonchev–Trinajstić information content (AvgIpc) is 3.18. The van der Waals surface area contributed by atoms with Crippen LogP contribution >= 0.6 is 0 Å². The topological polar surface area (TPSA) is 89.8 Å². The molecular weight excluding hydrogens is 370 g/mol. The number of ether oxygens (including phenoxy) is 2. The molecule has 4 rings (SSSR count). The zero-order valence-electron chi connectivity index (χ0n) is 15.9. The van der Waals surface area contributed by atoms with E-state index in [9.17, 15) is 4.79 Å². The third-order valence-corrected chi connectivity index (χ3v) is 4.30. The third kappa shape index (κ3) is 3.81. The molecule has 0 atom stereocenters. The molecule has 8 heteroatoms. The minimum Gasteiger partial charge on any atom is -0.493 e. The number of nitrogens with zero attached hydrogens (tertiary/aromatic N) is 3. The van der Waals surface area contributed by atoms with Crippen molar-refractivity contribution in [1.29, 1.82) is 0 Å². The van der Waals surface area contributed by atoms with Gasteiger partial charge in [0.05, 0.1) is 25.6 Å². The number of amides is 2. The number of para-hydroxylation sites is 1. The highest BCUT2D eigenvalue weighted by Crippen LogP contribution is 2.34. The summed E-state index contributed by atoms with van der Waals surface area (Å²) in [4.78, 5) is 21.2. The molecule has 146 valence electrons. The first-order valence-electron chi connectivity index (χ1n) is 8.87. The van der Waals surface area contributed by atoms with Gasteiger partial charge < -0.3 is 20.1 Å². The van der Waals surface area contributed by atoms with Crippen molar-refractivity contribution in [3.63, 3.8) is 0 Å². The number of aromatic nitrogens is 3. The number of rotatable bonds is 5. The van der Waals surface area contributed by atoms with Crippen LogP contribution in [0.5, 0.6) is 11.5 Å². The molecule has 29 heavy (non-hydrogen) atoms. The van der Waals surface area contributed by atoms with Gasteiger partial charge in [0, 0.05) is 29.8 Å². The molecule has 2 N–H and O–H groups in total. The Balaban J connectivity index is 1.53. The second-order valence-electron chi connectivity index (χ2n) is 6.15. The van der Waals surface area contributed by atoms with E-state index in [2.05, 4.69) is 20.6 Å². The van der Waals surface area contributed by atoms with E-state index in [4.69, 9.17) is 9.47 Å². The number of carbonyl (C=O) groups excluding carboxylic acids is 1. The molecular formula is C21H19N5O3. The third-order valence-electron chi connectivity index (χ3n) is 4.30. The van der Waals surface area contributed by atoms with Crippen LogP contribution in [-0.2, 0) is 0 Å². The predicted octanol–water partition coefficient (Wildman–Crippen LogP) is 4.06. The lowest BCUT2D eigenvalue weighted by molar-refractivity contribution is 0.262. The van der Waals surface area contributed by atoms with Crippen LogP contribution in [0.1, 0.15) is 0 Å². The first-order valence-corrected chi connectivity index (χ1v) is 8.87. The van der Waals surface area contributed by atoms with Crippen molar-refractivity contribution < 1.29 is 14.3 Å². The Morgan fingerprint density at radius 3 is 2.69 bits per heavy atom. The number of hydrogen-bond donors (Lipinski definition) is 2. The Kier molecular flexibility index (Phi) is 4.98. The Bertz CT molecular complexity index is 1140. The number of hydrogen-bond acceptors (Lipinski definition) is 5. The molecule has 0 saturated heterocycles. The fraction of sp³-hybridized carbons (Fsp3) is 0.0952. The van der Waals surface area contributed by atoms with Crippen LogP contribution in [0.2, 0.25) is 0 Å². The lowest BCUT2D eigenvalue weighted by atomic mass is 10.1. The lowest BCUT2D eigenvalue weighted by Gasteiger charge is -2.14. The van der Waals surface area contributed by atoms with Gasteiger partial charge in [0.15, 0.2) is 11.5 Å². The molecule has 0 radical (unpaired) electrons. The Morgan fingerprint density at radius 2 is 1.90 bits per heavy atom. The Hall–Kier alpha value is -4.07. The predicted molar refractivity (Wildman–Crippen MR) is 111 cm³/mol. The standard InChI is InChI=1S/C21H19N5O3/c1-28-18-9-4-8-16(19(18)29-2)25-21(27)23-15-7-3-6-14(12-15)17-13-26-11-5-10-22-20(26)24-17/h3-13H,1-2H3,(H2,23,25,27). The molecule has 0 saturated carbocycles. The van der Waals surface area contributed by atoms with E-state index in [1.807, 2.05) is 41.1 Å². The van der Waals surface area contributed by atoms with Crippen LogP contribution in [0.25, 0.3) is 17.0 Å². The normalized spacial score (nSPS) is 10.6. The molecule has 4 aromatic rings. The van der Waals surface area contributed by atoms with Crippen LogP contribution in [0.3, 0.4) is 0 Å². The smallest absolute Gasteiger partial charge is 0.323 e. The monoisotopic (exact) mass is 389 g/mol. The highest BCUT2D eigenvalue weighted by Gasteiger charge is 2.13. The quantitative estimate of drug-likeness (QED) is 0.537. The number of methoxy groups -OCH3 is 2. The van der Waals surface area contributed by atoms with Gasteiger partial charge in [0.25, 0.3) is 0 Å². The molecule has 2 heterocycles. The molecule has 0 bridgehead atoms. The van der Waals surface area contributed by atoms with Crippen LogP contribution in [-0.4, -0.2) is 34.6 Å². The van der Waals surface area contributed by atoms with Gasteiger partial charge in [-0.15, -0.1) is 0 Å². The van der Waals surface area contributed by atoms with Crippen molar-refractivity contribution in [3.8, 4) is 22.8 Å². The SMILES string of the molecule is COc1cccc(NC(=O)Nc2cccc(-c3cn4cccnc4n3)c2)c1OC. The fourth-order valence-corrected chi connectivity index (χ4v) is 3.00. The van der Waals surface area contributed by atoms with Crippen molar-refractivity contribution in [3.05, 3.63) is 67.1 Å². The summed E-state index contributed by atoms with van der Waals surface area (Å²) in [6.45, 7) is 0. The van der Waals surface area contributed by atoms with Crippen molar-refractivity contribution in [2.75, 3.05) is 24.9 Å². The molecule has 0 spiro atoms. The molecule has 0 fully saturated rings. The summed E-state index contributed by atoms with van der Waals surface area (Å²) in [6.07, 6.45) is 5.47. The molecule has 0 aliphatic heterocycles. The maximum atomic E-state index is 12.5. The maximum absolute atomic E-state index is 12.5. The minimum absolute atomic E-state index is 0.398. The van der Waals surface area contributed by atoms with Gasteiger partial charge in [-0.3, -0.25) is 4.40 Å². The molecule has 0 aliphatic carbocycles. The summed E-state index contributed by atoms with van der Waals surface area (Å²) in [5.74, 6) is 1.60. The first-order chi connectivity index (χ1) is 14.2. The number of fused-ring (bicyclic) bond motifs is 1. The van der Waals surface area contributed by atoms with Gasteiger partial charge in [0.2, 0.25) is 5.78 Å². The zero-order chi connectivity index (χ0) is 20.2. The zero-order valence-corrected chi connectivity index (χ0v) is 15.9. The lowest BCUT2D eigenvalue weighted by Crippen LogP contribution is -2.19. The molecule has 2 amide bonds. The van der Waals surface area contributed by atoms with Crippen molar-refractivity contribution in [2.45, 2.75) is 0 Å². The highest BCUT2D eigenvalue weighted by molar-refractivity contribution is 6.01. The number of carbonyl (C=O) groups is 1. The van der Waals surface area contributed by atoms with Gasteiger partial charge >= 0.3 is 6.03 Å². The van der Waals surface area contributed by atoms with Crippen LogP contribution in [0, 0.1) is 0 Å². The van der Waals surface area contributed by atoms with Gasteiger partial charge in [-0.05, 0) is 30.3 Å². The second-order valence-corrected chi connectivity index (χ2v) is 6.15. The van der Waals surface area contributed by atoms with Crippen LogP contribution in [0.4, 0.5) is 16.2 Å². The Labute approximate surface area is 167 Å². The van der Waals surface area contributed by atoms with Crippen LogP contribution in [0.15, 0.2) is 67.1 Å². The molecule has 0 aliphatic rings. The molecule has 2 aromatic heterocycles. The highest BCUT2D eigenvalue weighted by atomic mass is 16.5. The second kappa shape index (κ2) is 7.89. The van der Waals surface area contributed by atoms with Crippen molar-refractivity contribution >= 4 is 23.2 Å². The number of anilines is 2. The summed E-state index contributed by atoms with van der Waals surface area (Å²) < 4.78 is 12.4. The Morgan fingerprint density at radius 1 is 1.03 bits per heavy atom. The van der Waals surface area contributed by atoms with Gasteiger partial charge in [-0.2, -0.15) is 0 Å². The summed E-state index contributed by atoms with van der Waals surface area (Å²) >= 11 is 0. The van der Waals surface area contributed by atoms with E-state index in [1.54, 1.807) is 37.6 Å². The molecule has 8 nitrogen and oxygen atoms in total. The van der Waals surface area contributed by atoms with E-state index in [0.717, 1.165) is 11.3 Å². The van der Waals surface area contributed by atoms with Crippen molar-refractivity contribution in [2.24, 2.45) is 0 Å². The van der Waals surface area contributed by atoms with Gasteiger partial charge in [0.1, 0.15) is 0 Å². The average molecular weight is 389 g/mol. The fourth-order valence-electron chi connectivity index (χ4n) is 3.00. The van der Waals surface area contributed by atoms with Gasteiger partial charge in [-0.25, -0.2) is 14.8 Å². The molecule has 0 unspecified atom stereocenters. The summed E-state index contributed by atoms with van der Waals surface area (Å²) in [7, 11) is 3.07. The number of nitrogens with one attached hydrogen (secondary N) is 2. The summed E-state index contributed by atoms with van der Waals surface area (Å²) in [6, 6.07) is 14.2. The van der Waals surface area contributed by atoms with Gasteiger partial charge in [-0.1, -0.05) is 18.2 Å². The van der Waals surface area contributed by atoms with Crippen LogP contribution < -0.4 is 20.1 Å².